The second-order valence-corrected chi connectivity index (χ2v) is 5.09. The van der Waals surface area contributed by atoms with Crippen molar-refractivity contribution >= 4 is 0 Å². The van der Waals surface area contributed by atoms with E-state index in [2.05, 4.69) is 26.1 Å². The van der Waals surface area contributed by atoms with Crippen LogP contribution in [-0.2, 0) is 0 Å². The molecule has 2 N–H and O–H groups in total. The zero-order valence-electron chi connectivity index (χ0n) is 8.43. The number of nitrogens with one attached hydrogen (secondary N) is 1. The topological polar surface area (TPSA) is 32.3 Å². The third-order valence-corrected chi connectivity index (χ3v) is 2.42. The highest BCUT2D eigenvalue weighted by atomic mass is 16.3. The maximum atomic E-state index is 9.04. The lowest BCUT2D eigenvalue weighted by atomic mass is 9.88. The fraction of sp³-hybridized carbons (Fsp3) is 1.00. The summed E-state index contributed by atoms with van der Waals surface area (Å²) >= 11 is 0. The first-order valence-corrected chi connectivity index (χ1v) is 4.89. The summed E-state index contributed by atoms with van der Waals surface area (Å²) in [4.78, 5) is 0. The second-order valence-electron chi connectivity index (χ2n) is 5.09. The minimum Gasteiger partial charge on any atom is -0.393 e. The molecule has 0 atom stereocenters. The van der Waals surface area contributed by atoms with Gasteiger partial charge in [0.25, 0.3) is 0 Å². The maximum Gasteiger partial charge on any atom is 0.0570 e. The molecular weight excluding hydrogens is 150 g/mol. The quantitative estimate of drug-likeness (QED) is 0.675. The van der Waals surface area contributed by atoms with Gasteiger partial charge in [0.2, 0.25) is 0 Å². The van der Waals surface area contributed by atoms with Crippen molar-refractivity contribution in [3.8, 4) is 0 Å². The first kappa shape index (κ1) is 10.0. The van der Waals surface area contributed by atoms with Crippen LogP contribution < -0.4 is 5.32 Å². The Kier molecular flexibility index (Phi) is 3.13. The summed E-state index contributed by atoms with van der Waals surface area (Å²) in [6, 6.07) is 0.586. The van der Waals surface area contributed by atoms with Crippen LogP contribution in [0.15, 0.2) is 0 Å². The Bertz CT molecular complexity index is 133. The average molecular weight is 171 g/mol. The predicted molar refractivity (Wildman–Crippen MR) is 51.1 cm³/mol. The van der Waals surface area contributed by atoms with Crippen molar-refractivity contribution in [3.05, 3.63) is 0 Å². The van der Waals surface area contributed by atoms with Crippen LogP contribution >= 0.6 is 0 Å². The van der Waals surface area contributed by atoms with Gasteiger partial charge in [0, 0.05) is 6.04 Å². The highest BCUT2D eigenvalue weighted by Crippen LogP contribution is 2.21. The molecule has 0 unspecified atom stereocenters. The lowest BCUT2D eigenvalue weighted by molar-refractivity contribution is 0.0616. The first-order valence-electron chi connectivity index (χ1n) is 4.89. The third-order valence-electron chi connectivity index (χ3n) is 2.42. The summed E-state index contributed by atoms with van der Waals surface area (Å²) in [6.45, 7) is 7.85. The molecule has 0 radical (unpaired) electrons. The number of aliphatic hydroxyl groups excluding tert-OH is 1. The van der Waals surface area contributed by atoms with E-state index in [1.54, 1.807) is 0 Å². The van der Waals surface area contributed by atoms with Crippen molar-refractivity contribution in [3.63, 3.8) is 0 Å². The smallest absolute Gasteiger partial charge is 0.0570 e. The Hall–Kier alpha value is -0.0800. The molecule has 1 aliphatic carbocycles. The summed E-state index contributed by atoms with van der Waals surface area (Å²) in [5, 5.41) is 12.5. The van der Waals surface area contributed by atoms with E-state index in [1.165, 1.54) is 6.42 Å². The largest absolute Gasteiger partial charge is 0.393 e. The second kappa shape index (κ2) is 3.75. The minimum absolute atomic E-state index is 0.0304. The average Bonchev–Trinajstić information content (AvgIpc) is 1.81. The third kappa shape index (κ3) is 3.55. The van der Waals surface area contributed by atoms with Crippen LogP contribution in [0, 0.1) is 5.41 Å². The number of hydrogen-bond donors (Lipinski definition) is 2. The van der Waals surface area contributed by atoms with Gasteiger partial charge in [0.05, 0.1) is 6.10 Å². The lowest BCUT2D eigenvalue weighted by Crippen LogP contribution is -2.44. The minimum atomic E-state index is -0.0304. The molecule has 0 spiro atoms. The molecule has 0 saturated heterocycles. The molecular formula is C10H21NO. The van der Waals surface area contributed by atoms with Gasteiger partial charge >= 0.3 is 0 Å². The standard InChI is InChI=1S/C10H21NO/c1-10(2,3)4-5-11-8-6-9(12)7-8/h8-9,11-12H,4-7H2,1-3H3/t8-,9-. The predicted octanol–water partition coefficient (Wildman–Crippen LogP) is 1.54. The van der Waals surface area contributed by atoms with Gasteiger partial charge in [-0.05, 0) is 31.2 Å². The Labute approximate surface area is 75.4 Å². The van der Waals surface area contributed by atoms with Gasteiger partial charge in [-0.1, -0.05) is 20.8 Å². The summed E-state index contributed by atoms with van der Waals surface area (Å²) in [5.41, 5.74) is 0.426. The Balaban J connectivity index is 1.97. The first-order chi connectivity index (χ1) is 5.47. The molecule has 12 heavy (non-hydrogen) atoms. The summed E-state index contributed by atoms with van der Waals surface area (Å²) in [5.74, 6) is 0. The van der Waals surface area contributed by atoms with Gasteiger partial charge < -0.3 is 10.4 Å². The van der Waals surface area contributed by atoms with Crippen molar-refractivity contribution < 1.29 is 5.11 Å². The van der Waals surface area contributed by atoms with Gasteiger partial charge in [0.15, 0.2) is 0 Å². The molecule has 2 nitrogen and oxygen atoms in total. The van der Waals surface area contributed by atoms with Crippen LogP contribution in [0.5, 0.6) is 0 Å². The van der Waals surface area contributed by atoms with E-state index in [1.807, 2.05) is 0 Å². The van der Waals surface area contributed by atoms with Crippen LogP contribution in [0.25, 0.3) is 0 Å². The van der Waals surface area contributed by atoms with E-state index in [0.29, 0.717) is 11.5 Å². The van der Waals surface area contributed by atoms with E-state index in [4.69, 9.17) is 5.11 Å². The highest BCUT2D eigenvalue weighted by molar-refractivity contribution is 4.84. The molecule has 1 aliphatic rings. The normalized spacial score (nSPS) is 30.0. The van der Waals surface area contributed by atoms with Gasteiger partial charge in [-0.25, -0.2) is 0 Å². The lowest BCUT2D eigenvalue weighted by Gasteiger charge is -2.33. The van der Waals surface area contributed by atoms with Gasteiger partial charge in [-0.2, -0.15) is 0 Å². The monoisotopic (exact) mass is 171 g/mol. The van der Waals surface area contributed by atoms with Crippen LogP contribution in [0.2, 0.25) is 0 Å². The summed E-state index contributed by atoms with van der Waals surface area (Å²) < 4.78 is 0. The molecule has 1 saturated carbocycles. The number of rotatable bonds is 3. The van der Waals surface area contributed by atoms with Crippen LogP contribution in [0.3, 0.4) is 0 Å². The number of aliphatic hydroxyl groups is 1. The zero-order chi connectivity index (χ0) is 9.19. The van der Waals surface area contributed by atoms with Gasteiger partial charge in [-0.3, -0.25) is 0 Å². The fourth-order valence-electron chi connectivity index (χ4n) is 1.41. The van der Waals surface area contributed by atoms with E-state index < -0.39 is 0 Å². The number of hydrogen-bond acceptors (Lipinski definition) is 2. The van der Waals surface area contributed by atoms with Gasteiger partial charge in [0.1, 0.15) is 0 Å². The molecule has 0 aromatic carbocycles. The molecule has 1 fully saturated rings. The van der Waals surface area contributed by atoms with Gasteiger partial charge in [-0.15, -0.1) is 0 Å². The Morgan fingerprint density at radius 3 is 2.33 bits per heavy atom. The van der Waals surface area contributed by atoms with Crippen molar-refractivity contribution in [2.24, 2.45) is 5.41 Å². The molecule has 0 bridgehead atoms. The van der Waals surface area contributed by atoms with Crippen molar-refractivity contribution in [1.29, 1.82) is 0 Å². The van der Waals surface area contributed by atoms with E-state index in [-0.39, 0.29) is 6.10 Å². The Morgan fingerprint density at radius 2 is 1.92 bits per heavy atom. The maximum absolute atomic E-state index is 9.04. The molecule has 0 heterocycles. The van der Waals surface area contributed by atoms with E-state index in [9.17, 15) is 0 Å². The molecule has 0 amide bonds. The summed E-state index contributed by atoms with van der Waals surface area (Å²) in [7, 11) is 0. The zero-order valence-corrected chi connectivity index (χ0v) is 8.43. The highest BCUT2D eigenvalue weighted by Gasteiger charge is 2.26. The molecule has 0 aromatic heterocycles. The van der Waals surface area contributed by atoms with Crippen molar-refractivity contribution in [2.45, 2.75) is 52.2 Å². The Morgan fingerprint density at radius 1 is 1.33 bits per heavy atom. The van der Waals surface area contributed by atoms with Crippen LogP contribution in [0.1, 0.15) is 40.0 Å². The van der Waals surface area contributed by atoms with E-state index >= 15 is 0 Å². The van der Waals surface area contributed by atoms with Crippen molar-refractivity contribution in [2.75, 3.05) is 6.54 Å². The van der Waals surface area contributed by atoms with Crippen LogP contribution in [0.4, 0.5) is 0 Å². The fourth-order valence-corrected chi connectivity index (χ4v) is 1.41. The molecule has 0 aromatic rings. The summed E-state index contributed by atoms with van der Waals surface area (Å²) in [6.07, 6.45) is 3.07. The van der Waals surface area contributed by atoms with Crippen molar-refractivity contribution in [1.82, 2.24) is 5.32 Å². The SMILES string of the molecule is CC(C)(C)CCN[C@H]1C[C@H](O)C1. The van der Waals surface area contributed by atoms with Crippen LogP contribution in [-0.4, -0.2) is 23.8 Å². The molecule has 0 aliphatic heterocycles. The van der Waals surface area contributed by atoms with E-state index in [0.717, 1.165) is 19.4 Å². The molecule has 72 valence electrons. The molecule has 1 rings (SSSR count). The molecule has 2 heteroatoms.